The van der Waals surface area contributed by atoms with Crippen LogP contribution in [0, 0.1) is 0 Å². The van der Waals surface area contributed by atoms with Crippen LogP contribution in [0.5, 0.6) is 5.75 Å². The SMILES string of the molecule is CCO/N=C(\C(=O)NC1C(=O)N2C(C(=O)OCc3ccc(OC)cc3)=C(C[n+]3cn(CC)c4cccnc43)CSC12)c1nsc(NC(=O)OC(C)(C)C)n1. The second-order valence-electron chi connectivity index (χ2n) is 13.0. The Morgan fingerprint density at radius 1 is 1.13 bits per heavy atom. The van der Waals surface area contributed by atoms with E-state index in [4.69, 9.17) is 19.0 Å². The van der Waals surface area contributed by atoms with E-state index in [0.717, 1.165) is 28.3 Å². The highest BCUT2D eigenvalue weighted by Gasteiger charge is 2.55. The van der Waals surface area contributed by atoms with E-state index < -0.39 is 40.9 Å². The Bertz CT molecular complexity index is 2120. The van der Waals surface area contributed by atoms with Gasteiger partial charge in [-0.1, -0.05) is 17.3 Å². The number of anilines is 1. The van der Waals surface area contributed by atoms with Crippen molar-refractivity contribution in [1.82, 2.24) is 29.1 Å². The van der Waals surface area contributed by atoms with Gasteiger partial charge in [-0.15, -0.1) is 16.7 Å². The number of benzene rings is 1. The van der Waals surface area contributed by atoms with E-state index in [1.54, 1.807) is 65.3 Å². The highest BCUT2D eigenvalue weighted by molar-refractivity contribution is 8.00. The number of oxime groups is 1. The Kier molecular flexibility index (Phi) is 11.5. The molecule has 284 valence electrons. The molecule has 2 aliphatic rings. The maximum absolute atomic E-state index is 13.9. The van der Waals surface area contributed by atoms with Gasteiger partial charge in [-0.3, -0.25) is 24.4 Å². The lowest BCUT2D eigenvalue weighted by molar-refractivity contribution is -0.665. The molecule has 1 fully saturated rings. The third-order valence-corrected chi connectivity index (χ3v) is 10.1. The van der Waals surface area contributed by atoms with Crippen LogP contribution < -0.4 is 19.9 Å². The van der Waals surface area contributed by atoms with E-state index in [1.165, 1.54) is 16.7 Å². The molecule has 19 heteroatoms. The molecule has 0 spiro atoms. The first-order valence-corrected chi connectivity index (χ1v) is 18.9. The van der Waals surface area contributed by atoms with Gasteiger partial charge in [0, 0.05) is 22.9 Å². The molecule has 2 atom stereocenters. The summed E-state index contributed by atoms with van der Waals surface area (Å²) in [6.45, 7) is 9.95. The summed E-state index contributed by atoms with van der Waals surface area (Å²) in [6.07, 6.45) is 2.89. The Balaban J connectivity index is 1.24. The van der Waals surface area contributed by atoms with E-state index in [9.17, 15) is 19.2 Å². The van der Waals surface area contributed by atoms with E-state index >= 15 is 0 Å². The maximum Gasteiger partial charge on any atom is 0.414 e. The zero-order valence-electron chi connectivity index (χ0n) is 30.5. The maximum atomic E-state index is 13.9. The van der Waals surface area contributed by atoms with Gasteiger partial charge in [0.2, 0.25) is 16.7 Å². The number of imidazole rings is 1. The minimum atomic E-state index is -1.02. The van der Waals surface area contributed by atoms with Crippen molar-refractivity contribution in [2.75, 3.05) is 24.8 Å². The predicted molar refractivity (Wildman–Crippen MR) is 198 cm³/mol. The molecule has 3 aromatic heterocycles. The lowest BCUT2D eigenvalue weighted by Crippen LogP contribution is -2.71. The molecule has 2 N–H and O–H groups in total. The minimum Gasteiger partial charge on any atom is -0.497 e. The van der Waals surface area contributed by atoms with Crippen molar-refractivity contribution >= 4 is 69.2 Å². The second kappa shape index (κ2) is 16.2. The van der Waals surface area contributed by atoms with Crippen LogP contribution in [0.25, 0.3) is 11.2 Å². The van der Waals surface area contributed by atoms with Crippen molar-refractivity contribution in [3.63, 3.8) is 0 Å². The molecular formula is C35H40N9O8S2+. The topological polar surface area (TPSA) is 192 Å². The van der Waals surface area contributed by atoms with Crippen molar-refractivity contribution in [2.24, 2.45) is 5.16 Å². The molecule has 0 aliphatic carbocycles. The number of ether oxygens (including phenoxy) is 3. The number of hydrogen-bond acceptors (Lipinski definition) is 14. The van der Waals surface area contributed by atoms with Gasteiger partial charge in [0.1, 0.15) is 47.9 Å². The first-order chi connectivity index (χ1) is 25.9. The average molecular weight is 779 g/mol. The molecule has 3 amide bonds. The lowest BCUT2D eigenvalue weighted by atomic mass is 10.0. The van der Waals surface area contributed by atoms with Gasteiger partial charge >= 0.3 is 17.7 Å². The molecule has 0 saturated carbocycles. The van der Waals surface area contributed by atoms with Crippen LogP contribution in [-0.4, -0.2) is 89.9 Å². The van der Waals surface area contributed by atoms with E-state index in [2.05, 4.69) is 34.7 Å². The Morgan fingerprint density at radius 2 is 1.91 bits per heavy atom. The molecule has 0 bridgehead atoms. The van der Waals surface area contributed by atoms with Crippen LogP contribution in [0.1, 0.15) is 46.0 Å². The van der Waals surface area contributed by atoms with Gasteiger partial charge in [0.05, 0.1) is 20.2 Å². The number of carbonyl (C=O) groups excluding carboxylic acids is 4. The number of carbonyl (C=O) groups is 4. The molecule has 1 saturated heterocycles. The van der Waals surface area contributed by atoms with Gasteiger partial charge in [-0.05, 0) is 64.4 Å². The minimum absolute atomic E-state index is 0.0356. The number of amides is 3. The normalized spacial score (nSPS) is 17.1. The third kappa shape index (κ3) is 8.31. The number of rotatable bonds is 13. The van der Waals surface area contributed by atoms with Crippen LogP contribution in [0.3, 0.4) is 0 Å². The number of methoxy groups -OCH3 is 1. The number of pyridine rings is 1. The van der Waals surface area contributed by atoms with Crippen LogP contribution in [0.4, 0.5) is 9.93 Å². The zero-order chi connectivity index (χ0) is 38.6. The summed E-state index contributed by atoms with van der Waals surface area (Å²) in [5, 5.41) is 8.56. The Hall–Kier alpha value is -5.56. The first kappa shape index (κ1) is 38.2. The number of nitrogens with one attached hydrogen (secondary N) is 2. The molecule has 2 aliphatic heterocycles. The Morgan fingerprint density at radius 3 is 2.61 bits per heavy atom. The fraction of sp³-hybridized carbons (Fsp3) is 0.400. The standard InChI is InChI=1S/C35H39N9O8S2/c1-7-42-19-43(28-23(42)10-9-15-36-28)16-21-18-53-31-25(30(46)44(31)26(21)32(47)50-17-20-11-13-22(49-6)14-12-20)37-29(45)24(40-51-8-2)27-38-33(54-41-27)39-34(48)52-35(3,4)5/h9-15,19,25,31H,7-8,16-18H2,1-6H3,(H-,37,38,39,41,45,48)/p+1/b40-24-. The van der Waals surface area contributed by atoms with Crippen molar-refractivity contribution in [1.29, 1.82) is 0 Å². The smallest absolute Gasteiger partial charge is 0.414 e. The number of aryl methyl sites for hydroxylation is 1. The summed E-state index contributed by atoms with van der Waals surface area (Å²) in [5.41, 5.74) is 2.13. The lowest BCUT2D eigenvalue weighted by Gasteiger charge is -2.49. The largest absolute Gasteiger partial charge is 0.497 e. The van der Waals surface area contributed by atoms with Crippen LogP contribution >= 0.6 is 23.3 Å². The molecule has 4 aromatic rings. The number of hydrogen-bond donors (Lipinski definition) is 2. The second-order valence-corrected chi connectivity index (χ2v) is 14.9. The number of aromatic nitrogens is 5. The fourth-order valence-corrected chi connectivity index (χ4v) is 7.60. The average Bonchev–Trinajstić information content (AvgIpc) is 3.76. The van der Waals surface area contributed by atoms with E-state index in [0.29, 0.717) is 23.6 Å². The molecule has 17 nitrogen and oxygen atoms in total. The summed E-state index contributed by atoms with van der Waals surface area (Å²) in [7, 11) is 1.57. The van der Waals surface area contributed by atoms with E-state index in [1.807, 2.05) is 30.0 Å². The quantitative estimate of drug-likeness (QED) is 0.0662. The molecule has 2 unspecified atom stereocenters. The van der Waals surface area contributed by atoms with Crippen molar-refractivity contribution in [3.8, 4) is 5.75 Å². The van der Waals surface area contributed by atoms with Gasteiger partial charge in [0.25, 0.3) is 11.8 Å². The molecule has 54 heavy (non-hydrogen) atoms. The number of esters is 1. The van der Waals surface area contributed by atoms with Crippen LogP contribution in [-0.2, 0) is 48.4 Å². The summed E-state index contributed by atoms with van der Waals surface area (Å²) in [5.74, 6) is -1.07. The summed E-state index contributed by atoms with van der Waals surface area (Å²) in [6, 6.07) is 9.93. The van der Waals surface area contributed by atoms with Crippen LogP contribution in [0.15, 0.2) is 65.3 Å². The van der Waals surface area contributed by atoms with Gasteiger partial charge in [-0.25, -0.2) is 14.2 Å². The third-order valence-electron chi connectivity index (χ3n) is 8.13. The Labute approximate surface area is 318 Å². The molecule has 6 rings (SSSR count). The number of fused-ring (bicyclic) bond motifs is 2. The fourth-order valence-electron chi connectivity index (χ4n) is 5.71. The predicted octanol–water partition coefficient (Wildman–Crippen LogP) is 3.39. The zero-order valence-corrected chi connectivity index (χ0v) is 32.2. The summed E-state index contributed by atoms with van der Waals surface area (Å²) >= 11 is 2.21. The summed E-state index contributed by atoms with van der Waals surface area (Å²) < 4.78 is 24.4. The number of β-lactam (4-membered cyclic amide) rings is 1. The van der Waals surface area contributed by atoms with Gasteiger partial charge in [0.15, 0.2) is 11.8 Å². The monoisotopic (exact) mass is 778 g/mol. The highest BCUT2D eigenvalue weighted by atomic mass is 32.2. The van der Waals surface area contributed by atoms with Gasteiger partial charge in [-0.2, -0.15) is 9.36 Å². The molecular weight excluding hydrogens is 739 g/mol. The molecule has 0 radical (unpaired) electrons. The van der Waals surface area contributed by atoms with E-state index in [-0.39, 0.29) is 42.1 Å². The first-order valence-electron chi connectivity index (χ1n) is 17.1. The highest BCUT2D eigenvalue weighted by Crippen LogP contribution is 2.41. The number of nitrogens with zero attached hydrogens (tertiary/aromatic N) is 7. The van der Waals surface area contributed by atoms with Gasteiger partial charge < -0.3 is 24.4 Å². The number of thioether (sulfide) groups is 1. The van der Waals surface area contributed by atoms with Crippen molar-refractivity contribution < 1.29 is 42.8 Å². The molecule has 5 heterocycles. The van der Waals surface area contributed by atoms with Crippen molar-refractivity contribution in [3.05, 3.63) is 71.6 Å². The van der Waals surface area contributed by atoms with Crippen LogP contribution in [0.2, 0.25) is 0 Å². The van der Waals surface area contributed by atoms with Crippen molar-refractivity contribution in [2.45, 2.75) is 71.3 Å². The summed E-state index contributed by atoms with van der Waals surface area (Å²) in [4.78, 5) is 69.1. The molecule has 1 aromatic carbocycles.